The Morgan fingerprint density at radius 2 is 1.95 bits per heavy atom. The van der Waals surface area contributed by atoms with Crippen molar-refractivity contribution in [3.63, 3.8) is 0 Å². The molecule has 2 aromatic rings. The van der Waals surface area contributed by atoms with Crippen molar-refractivity contribution in [2.24, 2.45) is 4.99 Å². The highest BCUT2D eigenvalue weighted by atomic mass is 15.1. The first-order valence-corrected chi connectivity index (χ1v) is 7.80. The Bertz CT molecular complexity index is 763. The van der Waals surface area contributed by atoms with Crippen molar-refractivity contribution in [1.82, 2.24) is 0 Å². The molecular formula is C20H22N2. The second-order valence-corrected chi connectivity index (χ2v) is 5.76. The maximum atomic E-state index is 4.59. The fourth-order valence-corrected chi connectivity index (χ4v) is 3.17. The molecule has 0 spiro atoms. The van der Waals surface area contributed by atoms with Crippen molar-refractivity contribution >= 4 is 22.7 Å². The van der Waals surface area contributed by atoms with E-state index in [1.807, 2.05) is 13.1 Å². The zero-order valence-electron chi connectivity index (χ0n) is 13.3. The number of benzene rings is 2. The van der Waals surface area contributed by atoms with Crippen LogP contribution in [-0.4, -0.2) is 19.3 Å². The van der Waals surface area contributed by atoms with E-state index in [2.05, 4.69) is 65.9 Å². The Labute approximate surface area is 132 Å². The van der Waals surface area contributed by atoms with Crippen LogP contribution in [0.5, 0.6) is 0 Å². The SMILES string of the molecule is C=C(C)C1=C(N=CC)CN(c2cccc3ccccc23)CC1. The number of nitrogens with zero attached hydrogens (tertiary/aromatic N) is 2. The van der Waals surface area contributed by atoms with Gasteiger partial charge in [0.1, 0.15) is 0 Å². The van der Waals surface area contributed by atoms with Gasteiger partial charge in [-0.1, -0.05) is 48.6 Å². The normalized spacial score (nSPS) is 15.8. The zero-order valence-corrected chi connectivity index (χ0v) is 13.3. The van der Waals surface area contributed by atoms with E-state index in [1.54, 1.807) is 0 Å². The molecule has 1 heterocycles. The highest BCUT2D eigenvalue weighted by molar-refractivity contribution is 5.94. The summed E-state index contributed by atoms with van der Waals surface area (Å²) in [5.74, 6) is 0. The van der Waals surface area contributed by atoms with Gasteiger partial charge in [0, 0.05) is 23.8 Å². The van der Waals surface area contributed by atoms with Gasteiger partial charge in [-0.15, -0.1) is 0 Å². The average Bonchev–Trinajstić information content (AvgIpc) is 2.54. The van der Waals surface area contributed by atoms with Crippen LogP contribution in [0.3, 0.4) is 0 Å². The van der Waals surface area contributed by atoms with Crippen molar-refractivity contribution in [1.29, 1.82) is 0 Å². The monoisotopic (exact) mass is 290 g/mol. The van der Waals surface area contributed by atoms with Gasteiger partial charge >= 0.3 is 0 Å². The van der Waals surface area contributed by atoms with E-state index in [1.165, 1.54) is 22.0 Å². The number of hydrogen-bond acceptors (Lipinski definition) is 2. The van der Waals surface area contributed by atoms with E-state index >= 15 is 0 Å². The lowest BCUT2D eigenvalue weighted by molar-refractivity contribution is 0.759. The minimum absolute atomic E-state index is 0.848. The Balaban J connectivity index is 2.02. The summed E-state index contributed by atoms with van der Waals surface area (Å²) in [5, 5.41) is 2.60. The molecule has 0 bridgehead atoms. The predicted molar refractivity (Wildman–Crippen MR) is 96.8 cm³/mol. The quantitative estimate of drug-likeness (QED) is 0.729. The van der Waals surface area contributed by atoms with E-state index in [-0.39, 0.29) is 0 Å². The van der Waals surface area contributed by atoms with E-state index in [0.717, 1.165) is 30.8 Å². The molecule has 0 aromatic heterocycles. The van der Waals surface area contributed by atoms with Gasteiger partial charge < -0.3 is 4.90 Å². The molecule has 0 radical (unpaired) electrons. The maximum absolute atomic E-state index is 4.59. The van der Waals surface area contributed by atoms with Crippen LogP contribution in [0.25, 0.3) is 10.8 Å². The van der Waals surface area contributed by atoms with Gasteiger partial charge in [0.15, 0.2) is 0 Å². The number of hydrogen-bond donors (Lipinski definition) is 0. The summed E-state index contributed by atoms with van der Waals surface area (Å²) in [6.45, 7) is 10.0. The first-order valence-electron chi connectivity index (χ1n) is 7.80. The molecule has 2 aromatic carbocycles. The molecule has 22 heavy (non-hydrogen) atoms. The second-order valence-electron chi connectivity index (χ2n) is 5.76. The van der Waals surface area contributed by atoms with E-state index < -0.39 is 0 Å². The first kappa shape index (κ1) is 14.6. The third-order valence-corrected chi connectivity index (χ3v) is 4.23. The number of anilines is 1. The van der Waals surface area contributed by atoms with Crippen LogP contribution in [0.1, 0.15) is 20.3 Å². The smallest absolute Gasteiger partial charge is 0.0627 e. The van der Waals surface area contributed by atoms with Gasteiger partial charge in [-0.25, -0.2) is 0 Å². The average molecular weight is 290 g/mol. The molecule has 0 saturated heterocycles. The predicted octanol–water partition coefficient (Wildman–Crippen LogP) is 4.97. The minimum Gasteiger partial charge on any atom is -0.365 e. The summed E-state index contributed by atoms with van der Waals surface area (Å²) in [4.78, 5) is 7.02. The fraction of sp³-hybridized carbons (Fsp3) is 0.250. The summed E-state index contributed by atoms with van der Waals surface area (Å²) >= 11 is 0. The van der Waals surface area contributed by atoms with Gasteiger partial charge in [0.25, 0.3) is 0 Å². The van der Waals surface area contributed by atoms with Gasteiger partial charge in [-0.05, 0) is 37.3 Å². The minimum atomic E-state index is 0.848. The summed E-state index contributed by atoms with van der Waals surface area (Å²) in [5.41, 5.74) is 4.89. The molecule has 0 amide bonds. The lowest BCUT2D eigenvalue weighted by atomic mass is 9.98. The standard InChI is InChI=1S/C20H22N2/c1-4-21-19-14-22(13-12-17(19)15(2)3)20-11-7-9-16-8-5-6-10-18(16)20/h4-11H,2,12-14H2,1,3H3. The van der Waals surface area contributed by atoms with Gasteiger partial charge in [0.2, 0.25) is 0 Å². The third kappa shape index (κ3) is 2.69. The topological polar surface area (TPSA) is 15.6 Å². The van der Waals surface area contributed by atoms with Crippen LogP contribution < -0.4 is 4.90 Å². The van der Waals surface area contributed by atoms with Gasteiger partial charge in [-0.2, -0.15) is 0 Å². The summed E-state index contributed by atoms with van der Waals surface area (Å²) < 4.78 is 0. The van der Waals surface area contributed by atoms with Crippen molar-refractivity contribution in [3.8, 4) is 0 Å². The molecule has 0 unspecified atom stereocenters. The molecule has 2 heteroatoms. The first-order chi connectivity index (χ1) is 10.7. The van der Waals surface area contributed by atoms with Crippen LogP contribution in [-0.2, 0) is 0 Å². The van der Waals surface area contributed by atoms with Crippen LogP contribution >= 0.6 is 0 Å². The summed E-state index contributed by atoms with van der Waals surface area (Å²) in [6, 6.07) is 15.1. The Hall–Kier alpha value is -2.35. The molecule has 0 fully saturated rings. The Kier molecular flexibility index (Phi) is 4.10. The van der Waals surface area contributed by atoms with Crippen LogP contribution in [0.2, 0.25) is 0 Å². The molecule has 0 atom stereocenters. The molecule has 0 aliphatic carbocycles. The molecule has 3 rings (SSSR count). The Morgan fingerprint density at radius 3 is 2.73 bits per heavy atom. The third-order valence-electron chi connectivity index (χ3n) is 4.23. The number of rotatable bonds is 3. The molecule has 1 aliphatic heterocycles. The zero-order chi connectivity index (χ0) is 15.5. The highest BCUT2D eigenvalue weighted by Gasteiger charge is 2.20. The lowest BCUT2D eigenvalue weighted by Gasteiger charge is -2.32. The van der Waals surface area contributed by atoms with Crippen molar-refractivity contribution in [2.75, 3.05) is 18.0 Å². The van der Waals surface area contributed by atoms with Gasteiger partial charge in [-0.3, -0.25) is 4.99 Å². The fourth-order valence-electron chi connectivity index (χ4n) is 3.17. The molecule has 0 saturated carbocycles. The summed E-state index contributed by atoms with van der Waals surface area (Å²) in [7, 11) is 0. The number of fused-ring (bicyclic) bond motifs is 1. The van der Waals surface area contributed by atoms with E-state index in [4.69, 9.17) is 0 Å². The Morgan fingerprint density at radius 1 is 1.18 bits per heavy atom. The van der Waals surface area contributed by atoms with Crippen LogP contribution in [0.4, 0.5) is 5.69 Å². The van der Waals surface area contributed by atoms with Crippen molar-refractivity contribution in [3.05, 3.63) is 65.9 Å². The number of allylic oxidation sites excluding steroid dienone is 1. The van der Waals surface area contributed by atoms with Crippen molar-refractivity contribution in [2.45, 2.75) is 20.3 Å². The highest BCUT2D eigenvalue weighted by Crippen LogP contribution is 2.32. The van der Waals surface area contributed by atoms with Crippen molar-refractivity contribution < 1.29 is 0 Å². The van der Waals surface area contributed by atoms with E-state index in [9.17, 15) is 0 Å². The van der Waals surface area contributed by atoms with Crippen LogP contribution in [0.15, 0.2) is 70.9 Å². The van der Waals surface area contributed by atoms with Crippen LogP contribution in [0, 0.1) is 0 Å². The molecular weight excluding hydrogens is 268 g/mol. The van der Waals surface area contributed by atoms with E-state index in [0.29, 0.717) is 0 Å². The molecule has 112 valence electrons. The second kappa shape index (κ2) is 6.18. The number of aliphatic imine (C=N–C) groups is 1. The van der Waals surface area contributed by atoms with Gasteiger partial charge in [0.05, 0.1) is 12.2 Å². The molecule has 1 aliphatic rings. The largest absolute Gasteiger partial charge is 0.365 e. The maximum Gasteiger partial charge on any atom is 0.0627 e. The lowest BCUT2D eigenvalue weighted by Crippen LogP contribution is -2.31. The summed E-state index contributed by atoms with van der Waals surface area (Å²) in [6.07, 6.45) is 2.89. The molecule has 0 N–H and O–H groups in total. The molecule has 2 nitrogen and oxygen atoms in total.